The minimum atomic E-state index is -4.39. The lowest BCUT2D eigenvalue weighted by Crippen LogP contribution is -2.22. The Morgan fingerprint density at radius 1 is 1.13 bits per heavy atom. The van der Waals surface area contributed by atoms with Crippen LogP contribution in [0.2, 0.25) is 0 Å². The molecular weight excluding hydrogens is 205 g/mol. The van der Waals surface area contributed by atoms with Crippen molar-refractivity contribution < 1.29 is 13.2 Å². The van der Waals surface area contributed by atoms with Crippen LogP contribution in [-0.2, 0) is 11.6 Å². The van der Waals surface area contributed by atoms with Crippen LogP contribution in [0.5, 0.6) is 0 Å². The molecule has 0 aromatic carbocycles. The van der Waals surface area contributed by atoms with Crippen LogP contribution in [0, 0.1) is 0 Å². The SMILES string of the molecule is CC(C)(C)c1nc(N)ccc1C(F)(F)F. The van der Waals surface area contributed by atoms with Gasteiger partial charge >= 0.3 is 6.18 Å². The lowest BCUT2D eigenvalue weighted by molar-refractivity contribution is -0.139. The maximum Gasteiger partial charge on any atom is 0.418 e. The van der Waals surface area contributed by atoms with Gasteiger partial charge in [-0.15, -0.1) is 0 Å². The molecule has 1 rings (SSSR count). The zero-order valence-electron chi connectivity index (χ0n) is 8.81. The normalized spacial score (nSPS) is 12.9. The van der Waals surface area contributed by atoms with Crippen LogP contribution in [0.1, 0.15) is 32.0 Å². The van der Waals surface area contributed by atoms with Crippen molar-refractivity contribution in [2.75, 3.05) is 5.73 Å². The van der Waals surface area contributed by atoms with Crippen molar-refractivity contribution in [1.82, 2.24) is 4.98 Å². The molecule has 2 nitrogen and oxygen atoms in total. The van der Waals surface area contributed by atoms with Crippen molar-refractivity contribution in [3.05, 3.63) is 23.4 Å². The summed E-state index contributed by atoms with van der Waals surface area (Å²) in [6.07, 6.45) is -4.39. The zero-order chi connectivity index (χ0) is 11.9. The van der Waals surface area contributed by atoms with E-state index in [9.17, 15) is 13.2 Å². The van der Waals surface area contributed by atoms with Crippen molar-refractivity contribution in [2.45, 2.75) is 32.4 Å². The summed E-state index contributed by atoms with van der Waals surface area (Å²) >= 11 is 0. The van der Waals surface area contributed by atoms with Crippen LogP contribution in [0.25, 0.3) is 0 Å². The first-order chi connectivity index (χ1) is 6.62. The van der Waals surface area contributed by atoms with Gasteiger partial charge in [0.15, 0.2) is 0 Å². The number of hydrogen-bond acceptors (Lipinski definition) is 2. The molecule has 0 aliphatic heterocycles. The fourth-order valence-corrected chi connectivity index (χ4v) is 1.27. The molecule has 84 valence electrons. The third-order valence-electron chi connectivity index (χ3n) is 1.93. The first kappa shape index (κ1) is 11.8. The number of halogens is 3. The Bertz CT molecular complexity index is 364. The van der Waals surface area contributed by atoms with Crippen molar-refractivity contribution >= 4 is 5.82 Å². The van der Waals surface area contributed by atoms with Gasteiger partial charge in [0.05, 0.1) is 11.3 Å². The fourth-order valence-electron chi connectivity index (χ4n) is 1.27. The highest BCUT2D eigenvalue weighted by Gasteiger charge is 2.37. The third-order valence-corrected chi connectivity index (χ3v) is 1.93. The first-order valence-electron chi connectivity index (χ1n) is 4.46. The van der Waals surface area contributed by atoms with Crippen LogP contribution >= 0.6 is 0 Å². The van der Waals surface area contributed by atoms with Crippen molar-refractivity contribution in [3.8, 4) is 0 Å². The van der Waals surface area contributed by atoms with Gasteiger partial charge in [0.25, 0.3) is 0 Å². The minimum absolute atomic E-state index is 0.0185. The Morgan fingerprint density at radius 3 is 2.07 bits per heavy atom. The average molecular weight is 218 g/mol. The molecule has 15 heavy (non-hydrogen) atoms. The van der Waals surface area contributed by atoms with Gasteiger partial charge in [-0.05, 0) is 12.1 Å². The van der Waals surface area contributed by atoms with Gasteiger partial charge in [-0.3, -0.25) is 0 Å². The van der Waals surface area contributed by atoms with Crippen LogP contribution in [-0.4, -0.2) is 4.98 Å². The van der Waals surface area contributed by atoms with E-state index in [1.54, 1.807) is 20.8 Å². The molecule has 0 radical (unpaired) electrons. The number of rotatable bonds is 0. The second-order valence-electron chi connectivity index (χ2n) is 4.38. The molecule has 5 heteroatoms. The van der Waals surface area contributed by atoms with Gasteiger partial charge in [0, 0.05) is 5.41 Å². The molecule has 0 unspecified atom stereocenters. The van der Waals surface area contributed by atoms with Gasteiger partial charge in [0.1, 0.15) is 5.82 Å². The van der Waals surface area contributed by atoms with Gasteiger partial charge in [0.2, 0.25) is 0 Å². The predicted molar refractivity (Wildman–Crippen MR) is 52.4 cm³/mol. The second-order valence-corrected chi connectivity index (χ2v) is 4.38. The molecule has 0 atom stereocenters. The molecule has 0 fully saturated rings. The molecule has 0 spiro atoms. The summed E-state index contributed by atoms with van der Waals surface area (Å²) in [6, 6.07) is 2.14. The van der Waals surface area contributed by atoms with E-state index in [4.69, 9.17) is 5.73 Å². The van der Waals surface area contributed by atoms with E-state index in [-0.39, 0.29) is 11.5 Å². The molecule has 0 saturated carbocycles. The standard InChI is InChI=1S/C10H13F3N2/c1-9(2,3)8-6(10(11,12)13)4-5-7(14)15-8/h4-5H,1-3H3,(H2,14,15). The molecule has 0 saturated heterocycles. The summed E-state index contributed by atoms with van der Waals surface area (Å²) in [5.74, 6) is 0.105. The van der Waals surface area contributed by atoms with E-state index in [0.29, 0.717) is 0 Å². The highest BCUT2D eigenvalue weighted by Crippen LogP contribution is 2.36. The van der Waals surface area contributed by atoms with Gasteiger partial charge < -0.3 is 5.73 Å². The van der Waals surface area contributed by atoms with Crippen LogP contribution < -0.4 is 5.73 Å². The predicted octanol–water partition coefficient (Wildman–Crippen LogP) is 2.98. The van der Waals surface area contributed by atoms with Crippen molar-refractivity contribution in [2.24, 2.45) is 0 Å². The van der Waals surface area contributed by atoms with Crippen LogP contribution in [0.15, 0.2) is 12.1 Å². The van der Waals surface area contributed by atoms with E-state index in [2.05, 4.69) is 4.98 Å². The van der Waals surface area contributed by atoms with Crippen LogP contribution in [0.4, 0.5) is 19.0 Å². The molecule has 0 amide bonds. The second kappa shape index (κ2) is 3.40. The minimum Gasteiger partial charge on any atom is -0.384 e. The Kier molecular flexibility index (Phi) is 2.67. The number of aromatic nitrogens is 1. The Balaban J connectivity index is 3.41. The fraction of sp³-hybridized carbons (Fsp3) is 0.500. The van der Waals surface area contributed by atoms with Crippen LogP contribution in [0.3, 0.4) is 0 Å². The summed E-state index contributed by atoms with van der Waals surface area (Å²) in [4.78, 5) is 3.77. The van der Waals surface area contributed by atoms with Gasteiger partial charge in [-0.2, -0.15) is 13.2 Å². The maximum atomic E-state index is 12.6. The number of alkyl halides is 3. The van der Waals surface area contributed by atoms with E-state index in [0.717, 1.165) is 12.1 Å². The number of nitrogen functional groups attached to an aromatic ring is 1. The zero-order valence-corrected chi connectivity index (χ0v) is 8.81. The topological polar surface area (TPSA) is 38.9 Å². The summed E-state index contributed by atoms with van der Waals surface area (Å²) < 4.78 is 37.9. The quantitative estimate of drug-likeness (QED) is 0.727. The molecule has 0 bridgehead atoms. The Labute approximate surface area is 86.3 Å². The summed E-state index contributed by atoms with van der Waals surface area (Å²) in [7, 11) is 0. The maximum absolute atomic E-state index is 12.6. The largest absolute Gasteiger partial charge is 0.418 e. The molecule has 1 aromatic heterocycles. The van der Waals surface area contributed by atoms with Crippen molar-refractivity contribution in [3.63, 3.8) is 0 Å². The van der Waals surface area contributed by atoms with Gasteiger partial charge in [-0.1, -0.05) is 20.8 Å². The molecule has 1 aromatic rings. The number of nitrogens with zero attached hydrogens (tertiary/aromatic N) is 1. The number of hydrogen-bond donors (Lipinski definition) is 1. The van der Waals surface area contributed by atoms with E-state index >= 15 is 0 Å². The molecular formula is C10H13F3N2. The van der Waals surface area contributed by atoms with E-state index in [1.807, 2.05) is 0 Å². The molecule has 0 aliphatic rings. The highest BCUT2D eigenvalue weighted by molar-refractivity contribution is 5.38. The lowest BCUT2D eigenvalue weighted by Gasteiger charge is -2.22. The van der Waals surface area contributed by atoms with Crippen molar-refractivity contribution in [1.29, 1.82) is 0 Å². The summed E-state index contributed by atoms with van der Waals surface area (Å²) in [6.45, 7) is 5.01. The average Bonchev–Trinajstić information content (AvgIpc) is 2.00. The number of nitrogens with two attached hydrogens (primary N) is 1. The highest BCUT2D eigenvalue weighted by atomic mass is 19.4. The smallest absolute Gasteiger partial charge is 0.384 e. The first-order valence-corrected chi connectivity index (χ1v) is 4.46. The van der Waals surface area contributed by atoms with E-state index < -0.39 is 17.2 Å². The number of pyridine rings is 1. The summed E-state index contributed by atoms with van der Waals surface area (Å²) in [5.41, 5.74) is 3.97. The molecule has 2 N–H and O–H groups in total. The van der Waals surface area contributed by atoms with Gasteiger partial charge in [-0.25, -0.2) is 4.98 Å². The third kappa shape index (κ3) is 2.61. The lowest BCUT2D eigenvalue weighted by atomic mass is 9.88. The Morgan fingerprint density at radius 2 is 1.67 bits per heavy atom. The summed E-state index contributed by atoms with van der Waals surface area (Å²) in [5, 5.41) is 0. The Hall–Kier alpha value is -1.26. The molecule has 1 heterocycles. The van der Waals surface area contributed by atoms with E-state index in [1.165, 1.54) is 0 Å². The number of anilines is 1. The molecule has 0 aliphatic carbocycles. The monoisotopic (exact) mass is 218 g/mol.